The second-order valence-corrected chi connectivity index (χ2v) is 5.70. The molecule has 0 fully saturated rings. The average molecular weight is 331 g/mol. The number of aromatic nitrogens is 5. The van der Waals surface area contributed by atoms with Crippen LogP contribution in [0.3, 0.4) is 0 Å². The zero-order chi connectivity index (χ0) is 15.5. The number of hydrogen-bond acceptors (Lipinski definition) is 7. The Hall–Kier alpha value is -2.13. The van der Waals surface area contributed by atoms with Crippen LogP contribution in [0.1, 0.15) is 5.69 Å². The minimum absolute atomic E-state index is 0.371. The van der Waals surface area contributed by atoms with E-state index in [1.54, 1.807) is 4.68 Å². The van der Waals surface area contributed by atoms with Gasteiger partial charge in [-0.3, -0.25) is 0 Å². The van der Waals surface area contributed by atoms with E-state index in [1.165, 1.54) is 11.8 Å². The third-order valence-electron chi connectivity index (χ3n) is 2.88. The molecule has 1 aromatic carbocycles. The van der Waals surface area contributed by atoms with Crippen LogP contribution in [0.25, 0.3) is 5.69 Å². The van der Waals surface area contributed by atoms with E-state index >= 15 is 0 Å². The summed E-state index contributed by atoms with van der Waals surface area (Å²) in [6, 6.07) is 7.71. The number of H-pyrrole nitrogens is 1. The first-order chi connectivity index (χ1) is 10.7. The van der Waals surface area contributed by atoms with Crippen molar-refractivity contribution in [3.8, 4) is 5.69 Å². The molecule has 0 bridgehead atoms. The third-order valence-corrected chi connectivity index (χ3v) is 3.72. The van der Waals surface area contributed by atoms with Crippen LogP contribution in [-0.4, -0.2) is 31.2 Å². The van der Waals surface area contributed by atoms with Crippen molar-refractivity contribution in [1.29, 1.82) is 0 Å². The highest BCUT2D eigenvalue weighted by atomic mass is 32.2. The molecule has 0 unspecified atom stereocenters. The lowest BCUT2D eigenvalue weighted by Crippen LogP contribution is -1.93. The van der Waals surface area contributed by atoms with Crippen LogP contribution < -0.4 is 0 Å². The van der Waals surface area contributed by atoms with Gasteiger partial charge in [0.2, 0.25) is 5.16 Å². The van der Waals surface area contributed by atoms with E-state index in [4.69, 9.17) is 0 Å². The highest BCUT2D eigenvalue weighted by Crippen LogP contribution is 2.22. The van der Waals surface area contributed by atoms with Crippen LogP contribution in [0, 0.1) is 6.92 Å². The summed E-state index contributed by atoms with van der Waals surface area (Å²) in [5.41, 5.74) is 2.40. The fraction of sp³-hybridized carbons (Fsp3) is 0.154. The molecule has 3 rings (SSSR count). The molecule has 0 amide bonds. The van der Waals surface area contributed by atoms with Crippen molar-refractivity contribution in [2.24, 2.45) is 10.2 Å². The van der Waals surface area contributed by atoms with Gasteiger partial charge < -0.3 is 0 Å². The minimum Gasteiger partial charge on any atom is -0.241 e. The number of nitrogens with one attached hydrogen (secondary N) is 1. The molecular weight excluding hydrogens is 318 g/mol. The van der Waals surface area contributed by atoms with Crippen molar-refractivity contribution in [3.63, 3.8) is 0 Å². The monoisotopic (exact) mass is 331 g/mol. The molecule has 7 nitrogen and oxygen atoms in total. The maximum Gasteiger partial charge on any atom is 0.265 e. The van der Waals surface area contributed by atoms with Crippen molar-refractivity contribution in [3.05, 3.63) is 36.2 Å². The Balaban J connectivity index is 1.84. The van der Waals surface area contributed by atoms with E-state index < -0.39 is 0 Å². The summed E-state index contributed by atoms with van der Waals surface area (Å²) in [7, 11) is 0. The number of thioether (sulfide) groups is 1. The van der Waals surface area contributed by atoms with Crippen LogP contribution in [0.2, 0.25) is 0 Å². The lowest BCUT2D eigenvalue weighted by Gasteiger charge is -2.00. The fourth-order valence-electron chi connectivity index (χ4n) is 1.76. The maximum atomic E-state index is 4.43. The van der Waals surface area contributed by atoms with Crippen LogP contribution >= 0.6 is 24.4 Å². The van der Waals surface area contributed by atoms with Gasteiger partial charge in [0.05, 0.1) is 17.6 Å². The molecule has 112 valence electrons. The van der Waals surface area contributed by atoms with Gasteiger partial charge in [-0.2, -0.15) is 10.1 Å². The molecule has 3 aromatic rings. The zero-order valence-corrected chi connectivity index (χ0v) is 13.6. The van der Waals surface area contributed by atoms with E-state index in [2.05, 4.69) is 43.1 Å². The first-order valence-corrected chi connectivity index (χ1v) is 8.07. The fourth-order valence-corrected chi connectivity index (χ4v) is 2.23. The number of aromatic amines is 1. The molecule has 1 N–H and O–H groups in total. The highest BCUT2D eigenvalue weighted by Gasteiger charge is 2.06. The number of hydrogen-bond donors (Lipinski definition) is 2. The SMILES string of the molecule is CSc1n[nH]c(N=Nc2cn(-c3ccc(S)cc3)nc2C)n1. The molecule has 22 heavy (non-hydrogen) atoms. The zero-order valence-electron chi connectivity index (χ0n) is 11.9. The molecule has 0 atom stereocenters. The van der Waals surface area contributed by atoms with E-state index in [-0.39, 0.29) is 0 Å². The number of benzene rings is 1. The molecule has 0 aliphatic heterocycles. The number of rotatable bonds is 4. The van der Waals surface area contributed by atoms with Gasteiger partial charge in [-0.15, -0.1) is 28.0 Å². The Labute approximate surface area is 136 Å². The molecule has 0 aliphatic carbocycles. The Morgan fingerprint density at radius 3 is 2.68 bits per heavy atom. The molecule has 0 radical (unpaired) electrons. The van der Waals surface area contributed by atoms with E-state index in [1.807, 2.05) is 43.6 Å². The molecule has 2 aromatic heterocycles. The van der Waals surface area contributed by atoms with E-state index in [9.17, 15) is 0 Å². The van der Waals surface area contributed by atoms with Gasteiger partial charge in [0.15, 0.2) is 0 Å². The second-order valence-electron chi connectivity index (χ2n) is 4.41. The summed E-state index contributed by atoms with van der Waals surface area (Å²) >= 11 is 5.71. The first-order valence-electron chi connectivity index (χ1n) is 6.39. The van der Waals surface area contributed by atoms with E-state index in [0.29, 0.717) is 16.8 Å². The first kappa shape index (κ1) is 14.8. The Morgan fingerprint density at radius 1 is 1.23 bits per heavy atom. The lowest BCUT2D eigenvalue weighted by molar-refractivity contribution is 0.861. The summed E-state index contributed by atoms with van der Waals surface area (Å²) in [5, 5.41) is 20.0. The molecule has 0 spiro atoms. The molecule has 0 saturated heterocycles. The Morgan fingerprint density at radius 2 is 2.00 bits per heavy atom. The van der Waals surface area contributed by atoms with Gasteiger partial charge in [-0.05, 0) is 37.4 Å². The van der Waals surface area contributed by atoms with Crippen molar-refractivity contribution >= 4 is 36.0 Å². The summed E-state index contributed by atoms with van der Waals surface area (Å²) in [6.45, 7) is 1.88. The standard InChI is InChI=1S/C13H13N7S2/c1-8-11(15-16-12-14-13(22-2)18-17-12)7-20(19-8)9-3-5-10(21)6-4-9/h3-7,21H,1-2H3,(H,14,17,18). The van der Waals surface area contributed by atoms with E-state index in [0.717, 1.165) is 16.3 Å². The van der Waals surface area contributed by atoms with Gasteiger partial charge in [0.25, 0.3) is 5.95 Å². The number of aryl methyl sites for hydroxylation is 1. The number of azo groups is 1. The van der Waals surface area contributed by atoms with Crippen molar-refractivity contribution < 1.29 is 0 Å². The van der Waals surface area contributed by atoms with Crippen molar-refractivity contribution in [1.82, 2.24) is 25.0 Å². The average Bonchev–Trinajstić information content (AvgIpc) is 3.12. The van der Waals surface area contributed by atoms with Gasteiger partial charge in [-0.1, -0.05) is 11.8 Å². The van der Waals surface area contributed by atoms with Gasteiger partial charge in [0, 0.05) is 4.90 Å². The predicted molar refractivity (Wildman–Crippen MR) is 87.9 cm³/mol. The predicted octanol–water partition coefficient (Wildman–Crippen LogP) is 3.72. The van der Waals surface area contributed by atoms with Crippen LogP contribution in [0.5, 0.6) is 0 Å². The molecule has 2 heterocycles. The topological polar surface area (TPSA) is 84.1 Å². The number of nitrogens with zero attached hydrogens (tertiary/aromatic N) is 6. The highest BCUT2D eigenvalue weighted by molar-refractivity contribution is 7.98. The summed E-state index contributed by atoms with van der Waals surface area (Å²) in [6.07, 6.45) is 3.71. The molecule has 0 aliphatic rings. The largest absolute Gasteiger partial charge is 0.265 e. The lowest BCUT2D eigenvalue weighted by atomic mass is 10.3. The third kappa shape index (κ3) is 3.20. The Bertz CT molecular complexity index is 804. The molecule has 9 heteroatoms. The van der Waals surface area contributed by atoms with Gasteiger partial charge in [0.1, 0.15) is 5.69 Å². The number of thiol groups is 1. The summed E-state index contributed by atoms with van der Waals surface area (Å²) in [4.78, 5) is 5.05. The molecular formula is C13H13N7S2. The minimum atomic E-state index is 0.371. The smallest absolute Gasteiger partial charge is 0.241 e. The van der Waals surface area contributed by atoms with Crippen LogP contribution in [0.15, 0.2) is 50.7 Å². The summed E-state index contributed by atoms with van der Waals surface area (Å²) in [5.74, 6) is 0.371. The van der Waals surface area contributed by atoms with Crippen molar-refractivity contribution in [2.75, 3.05) is 6.26 Å². The molecule has 0 saturated carbocycles. The quantitative estimate of drug-likeness (QED) is 0.433. The normalized spacial score (nSPS) is 11.4. The van der Waals surface area contributed by atoms with Gasteiger partial charge >= 0.3 is 0 Å². The Kier molecular flexibility index (Phi) is 4.25. The summed E-state index contributed by atoms with van der Waals surface area (Å²) < 4.78 is 1.75. The second kappa shape index (κ2) is 6.32. The van der Waals surface area contributed by atoms with Crippen molar-refractivity contribution in [2.45, 2.75) is 17.0 Å². The van der Waals surface area contributed by atoms with Crippen LogP contribution in [-0.2, 0) is 0 Å². The maximum absolute atomic E-state index is 4.43. The van der Waals surface area contributed by atoms with Gasteiger partial charge in [-0.25, -0.2) is 9.78 Å². The van der Waals surface area contributed by atoms with Crippen LogP contribution in [0.4, 0.5) is 11.6 Å².